The average molecular weight is 193 g/mol. The summed E-state index contributed by atoms with van der Waals surface area (Å²) in [7, 11) is 0. The van der Waals surface area contributed by atoms with E-state index in [1.165, 1.54) is 12.1 Å². The first-order chi connectivity index (χ1) is 5.11. The molecule has 0 aliphatic carbocycles. The summed E-state index contributed by atoms with van der Waals surface area (Å²) >= 11 is 4.00. The van der Waals surface area contributed by atoms with Crippen LogP contribution < -0.4 is 5.73 Å². The van der Waals surface area contributed by atoms with Gasteiger partial charge in [-0.25, -0.2) is 4.79 Å². The Morgan fingerprint density at radius 2 is 2.08 bits per heavy atom. The van der Waals surface area contributed by atoms with Gasteiger partial charge < -0.3 is 10.8 Å². The van der Waals surface area contributed by atoms with Crippen LogP contribution in [0.15, 0.2) is 23.1 Å². The number of aromatic carboxylic acids is 1. The van der Waals surface area contributed by atoms with E-state index in [0.29, 0.717) is 10.6 Å². The first kappa shape index (κ1) is 11.8. The molecule has 0 unspecified atom stereocenters. The number of nitrogens with two attached hydrogens (primary N) is 1. The SMILES string of the molecule is Nc1cc(C(=O)O)ccc1S.[NaH]. The first-order valence-corrected chi connectivity index (χ1v) is 3.38. The van der Waals surface area contributed by atoms with Gasteiger partial charge in [-0.05, 0) is 18.2 Å². The Morgan fingerprint density at radius 1 is 1.50 bits per heavy atom. The molecule has 5 heteroatoms. The van der Waals surface area contributed by atoms with E-state index in [2.05, 4.69) is 12.6 Å². The fourth-order valence-corrected chi connectivity index (χ4v) is 0.827. The molecule has 3 nitrogen and oxygen atoms in total. The van der Waals surface area contributed by atoms with Gasteiger partial charge in [-0.3, -0.25) is 0 Å². The van der Waals surface area contributed by atoms with Crippen LogP contribution in [0.25, 0.3) is 0 Å². The number of anilines is 1. The van der Waals surface area contributed by atoms with Crippen LogP contribution in [0.2, 0.25) is 0 Å². The number of carboxylic acids is 1. The number of carboxylic acid groups (broad SMARTS) is 1. The number of nitrogen functional groups attached to an aromatic ring is 1. The molecule has 0 saturated carbocycles. The number of thiol groups is 1. The van der Waals surface area contributed by atoms with Crippen molar-refractivity contribution in [3.05, 3.63) is 23.8 Å². The minimum atomic E-state index is -0.981. The molecule has 0 atom stereocenters. The second-order valence-corrected chi connectivity index (χ2v) is 2.56. The predicted molar refractivity (Wildman–Crippen MR) is 52.2 cm³/mol. The number of carbonyl (C=O) groups is 1. The molecule has 1 aromatic rings. The van der Waals surface area contributed by atoms with Crippen LogP contribution in [0.3, 0.4) is 0 Å². The quantitative estimate of drug-likeness (QED) is 0.348. The third kappa shape index (κ3) is 2.71. The first-order valence-electron chi connectivity index (χ1n) is 2.93. The van der Waals surface area contributed by atoms with Crippen LogP contribution in [0.4, 0.5) is 5.69 Å². The monoisotopic (exact) mass is 193 g/mol. The second kappa shape index (κ2) is 4.77. The van der Waals surface area contributed by atoms with E-state index in [1.807, 2.05) is 0 Å². The fourth-order valence-electron chi connectivity index (χ4n) is 0.688. The van der Waals surface area contributed by atoms with Gasteiger partial charge in [0.05, 0.1) is 5.56 Å². The predicted octanol–water partition coefficient (Wildman–Crippen LogP) is 0.607. The van der Waals surface area contributed by atoms with E-state index in [0.717, 1.165) is 0 Å². The molecule has 0 aromatic heterocycles. The zero-order valence-corrected chi connectivity index (χ0v) is 6.51. The van der Waals surface area contributed by atoms with E-state index < -0.39 is 5.97 Å². The van der Waals surface area contributed by atoms with Crippen molar-refractivity contribution in [3.63, 3.8) is 0 Å². The summed E-state index contributed by atoms with van der Waals surface area (Å²) in [6.07, 6.45) is 0. The number of rotatable bonds is 1. The molecule has 3 N–H and O–H groups in total. The van der Waals surface area contributed by atoms with Gasteiger partial charge in [0, 0.05) is 10.6 Å². The third-order valence-electron chi connectivity index (χ3n) is 1.27. The molecular formula is C7H8NNaO2S. The molecule has 0 heterocycles. The number of benzene rings is 1. The summed E-state index contributed by atoms with van der Waals surface area (Å²) in [6, 6.07) is 4.40. The molecule has 60 valence electrons. The molecule has 0 amide bonds. The van der Waals surface area contributed by atoms with Crippen molar-refractivity contribution in [3.8, 4) is 0 Å². The topological polar surface area (TPSA) is 63.3 Å². The van der Waals surface area contributed by atoms with Crippen molar-refractivity contribution in [2.75, 3.05) is 5.73 Å². The normalized spacial score (nSPS) is 8.75. The molecule has 0 spiro atoms. The Hall–Kier alpha value is -0.160. The van der Waals surface area contributed by atoms with E-state index in [1.54, 1.807) is 6.07 Å². The van der Waals surface area contributed by atoms with Gasteiger partial charge in [-0.15, -0.1) is 12.6 Å². The van der Waals surface area contributed by atoms with Crippen molar-refractivity contribution in [2.24, 2.45) is 0 Å². The van der Waals surface area contributed by atoms with Crippen molar-refractivity contribution in [2.45, 2.75) is 4.90 Å². The van der Waals surface area contributed by atoms with Crippen LogP contribution in [0, 0.1) is 0 Å². The fraction of sp³-hybridized carbons (Fsp3) is 0. The summed E-state index contributed by atoms with van der Waals surface area (Å²) in [5.41, 5.74) is 5.98. The molecule has 1 rings (SSSR count). The van der Waals surface area contributed by atoms with Crippen LogP contribution in [0.1, 0.15) is 10.4 Å². The van der Waals surface area contributed by atoms with Gasteiger partial charge in [0.1, 0.15) is 0 Å². The van der Waals surface area contributed by atoms with Crippen LogP contribution in [-0.2, 0) is 0 Å². The third-order valence-corrected chi connectivity index (χ3v) is 1.68. The molecule has 12 heavy (non-hydrogen) atoms. The Kier molecular flexibility index (Phi) is 4.70. The van der Waals surface area contributed by atoms with Gasteiger partial charge >= 0.3 is 35.5 Å². The second-order valence-electron chi connectivity index (χ2n) is 2.08. The van der Waals surface area contributed by atoms with Gasteiger partial charge in [-0.1, -0.05) is 0 Å². The van der Waals surface area contributed by atoms with Gasteiger partial charge in [0.2, 0.25) is 0 Å². The Bertz CT molecular complexity index is 303. The summed E-state index contributed by atoms with van der Waals surface area (Å²) < 4.78 is 0. The molecule has 0 aliphatic heterocycles. The van der Waals surface area contributed by atoms with E-state index in [9.17, 15) is 4.79 Å². The molecule has 1 aromatic carbocycles. The van der Waals surface area contributed by atoms with Gasteiger partial charge in [-0.2, -0.15) is 0 Å². The van der Waals surface area contributed by atoms with E-state index >= 15 is 0 Å². The van der Waals surface area contributed by atoms with Crippen LogP contribution in [-0.4, -0.2) is 40.6 Å². The molecule has 0 saturated heterocycles. The molecule has 0 aliphatic rings. The Labute approximate surface area is 97.7 Å². The van der Waals surface area contributed by atoms with Crippen molar-refractivity contribution >= 4 is 53.8 Å². The van der Waals surface area contributed by atoms with Crippen LogP contribution in [0.5, 0.6) is 0 Å². The molecule has 0 fully saturated rings. The van der Waals surface area contributed by atoms with E-state index in [-0.39, 0.29) is 35.1 Å². The van der Waals surface area contributed by atoms with Gasteiger partial charge in [0.25, 0.3) is 0 Å². The maximum absolute atomic E-state index is 10.4. The molecule has 0 radical (unpaired) electrons. The van der Waals surface area contributed by atoms with Crippen molar-refractivity contribution in [1.29, 1.82) is 0 Å². The number of hydrogen-bond donors (Lipinski definition) is 3. The zero-order chi connectivity index (χ0) is 8.43. The molecular weight excluding hydrogens is 185 g/mol. The summed E-state index contributed by atoms with van der Waals surface area (Å²) in [4.78, 5) is 11.0. The van der Waals surface area contributed by atoms with E-state index in [4.69, 9.17) is 10.8 Å². The zero-order valence-electron chi connectivity index (χ0n) is 5.61. The summed E-state index contributed by atoms with van der Waals surface area (Å²) in [5.74, 6) is -0.981. The van der Waals surface area contributed by atoms with Crippen LogP contribution >= 0.6 is 12.6 Å². The summed E-state index contributed by atoms with van der Waals surface area (Å²) in [5, 5.41) is 8.52. The van der Waals surface area contributed by atoms with Crippen molar-refractivity contribution < 1.29 is 9.90 Å². The standard InChI is InChI=1S/C7H7NO2S.Na.H/c8-5-3-4(7(9)10)1-2-6(5)11;;/h1-3,11H,8H2,(H,9,10);;. The average Bonchev–Trinajstić information content (AvgIpc) is 1.94. The number of hydrogen-bond acceptors (Lipinski definition) is 3. The van der Waals surface area contributed by atoms with Gasteiger partial charge in [0.15, 0.2) is 0 Å². The molecule has 0 bridgehead atoms. The Morgan fingerprint density at radius 3 is 2.50 bits per heavy atom. The van der Waals surface area contributed by atoms with Crippen molar-refractivity contribution in [1.82, 2.24) is 0 Å². The minimum absolute atomic E-state index is 0. The Balaban J connectivity index is 0.00000121. The maximum atomic E-state index is 10.4. The summed E-state index contributed by atoms with van der Waals surface area (Å²) in [6.45, 7) is 0.